The summed E-state index contributed by atoms with van der Waals surface area (Å²) in [7, 11) is -3.56. The lowest BCUT2D eigenvalue weighted by Crippen LogP contribution is -2.40. The molecule has 8 nitrogen and oxygen atoms in total. The molecule has 1 saturated heterocycles. The highest BCUT2D eigenvalue weighted by Gasteiger charge is 2.26. The van der Waals surface area contributed by atoms with Crippen molar-refractivity contribution in [2.75, 3.05) is 31.6 Å². The van der Waals surface area contributed by atoms with Crippen molar-refractivity contribution in [2.45, 2.75) is 56.5 Å². The fraction of sp³-hybridized carbons (Fsp3) is 0.545. The van der Waals surface area contributed by atoms with E-state index in [9.17, 15) is 13.2 Å². The van der Waals surface area contributed by atoms with Gasteiger partial charge in [0.05, 0.1) is 29.1 Å². The van der Waals surface area contributed by atoms with Crippen molar-refractivity contribution in [2.24, 2.45) is 5.92 Å². The van der Waals surface area contributed by atoms with Gasteiger partial charge in [-0.15, -0.1) is 0 Å². The molecule has 1 amide bonds. The number of sulfonamides is 1. The smallest absolute Gasteiger partial charge is 0.243 e. The van der Waals surface area contributed by atoms with E-state index in [0.29, 0.717) is 37.9 Å². The normalized spacial score (nSPS) is 16.3. The van der Waals surface area contributed by atoms with E-state index in [2.05, 4.69) is 28.7 Å². The van der Waals surface area contributed by atoms with Crippen molar-refractivity contribution in [3.05, 3.63) is 35.7 Å². The van der Waals surface area contributed by atoms with Crippen LogP contribution in [0, 0.1) is 19.8 Å². The number of nitrogens with zero attached hydrogens (tertiary/aromatic N) is 3. The monoisotopic (exact) mass is 480 g/mol. The lowest BCUT2D eigenvalue weighted by atomic mass is 10.2. The van der Waals surface area contributed by atoms with Crippen LogP contribution in [0.25, 0.3) is 0 Å². The van der Waals surface area contributed by atoms with Crippen LogP contribution in [0.4, 0.5) is 5.69 Å². The molecule has 32 heavy (non-hydrogen) atoms. The molecular weight excluding hydrogens is 448 g/mol. The number of carbonyl (C=O) groups is 1. The number of aryl methyl sites for hydroxylation is 1. The first-order valence-electron chi connectivity index (χ1n) is 10.8. The van der Waals surface area contributed by atoms with Crippen molar-refractivity contribution >= 4 is 33.4 Å². The Balaban J connectivity index is 1.65. The molecule has 1 fully saturated rings. The second-order valence-corrected chi connectivity index (χ2v) is 11.6. The summed E-state index contributed by atoms with van der Waals surface area (Å²) in [6.07, 6.45) is 0. The Labute approximate surface area is 194 Å². The number of imidazole rings is 1. The summed E-state index contributed by atoms with van der Waals surface area (Å²) >= 11 is 1.43. The van der Waals surface area contributed by atoms with E-state index in [-0.39, 0.29) is 16.1 Å². The molecular formula is C22H32N4O4S2. The second-order valence-electron chi connectivity index (χ2n) is 8.36. The fourth-order valence-corrected chi connectivity index (χ4v) is 5.81. The standard InChI is InChI=1S/C22H32N4O4S2/c1-15(2)14-26-17(4)16(3)23-22(26)31-18(5)21(27)24-19-6-8-20(9-7-19)32(28,29)25-10-12-30-13-11-25/h6-9,15,18H,10-14H2,1-5H3,(H,24,27). The maximum Gasteiger partial charge on any atom is 0.243 e. The summed E-state index contributed by atoms with van der Waals surface area (Å²) in [5.41, 5.74) is 2.64. The number of benzene rings is 1. The summed E-state index contributed by atoms with van der Waals surface area (Å²) < 4.78 is 34.3. The van der Waals surface area contributed by atoms with E-state index < -0.39 is 10.0 Å². The summed E-state index contributed by atoms with van der Waals surface area (Å²) in [6.45, 7) is 12.5. The molecule has 1 N–H and O–H groups in total. The number of morpholine rings is 1. The molecule has 2 heterocycles. The van der Waals surface area contributed by atoms with Crippen molar-refractivity contribution in [3.8, 4) is 0 Å². The molecule has 3 rings (SSSR count). The minimum Gasteiger partial charge on any atom is -0.379 e. The van der Waals surface area contributed by atoms with Crippen LogP contribution in [0.3, 0.4) is 0 Å². The zero-order chi connectivity index (χ0) is 23.5. The quantitative estimate of drug-likeness (QED) is 0.583. The molecule has 1 unspecified atom stereocenters. The molecule has 0 saturated carbocycles. The molecule has 0 bridgehead atoms. The van der Waals surface area contributed by atoms with Gasteiger partial charge in [-0.05, 0) is 51.0 Å². The highest BCUT2D eigenvalue weighted by atomic mass is 32.2. The summed E-state index contributed by atoms with van der Waals surface area (Å²) in [4.78, 5) is 17.6. The van der Waals surface area contributed by atoms with Crippen molar-refractivity contribution in [1.29, 1.82) is 0 Å². The zero-order valence-electron chi connectivity index (χ0n) is 19.3. The van der Waals surface area contributed by atoms with Gasteiger partial charge in [-0.2, -0.15) is 4.31 Å². The third kappa shape index (κ3) is 5.72. The maximum atomic E-state index is 12.8. The summed E-state index contributed by atoms with van der Waals surface area (Å²) in [5.74, 6) is 0.311. The Morgan fingerprint density at radius 3 is 2.38 bits per heavy atom. The Hall–Kier alpha value is -1.88. The number of thioether (sulfide) groups is 1. The van der Waals surface area contributed by atoms with Gasteiger partial charge in [-0.3, -0.25) is 4.79 Å². The number of nitrogens with one attached hydrogen (secondary N) is 1. The fourth-order valence-electron chi connectivity index (χ4n) is 3.40. The highest BCUT2D eigenvalue weighted by molar-refractivity contribution is 8.00. The van der Waals surface area contributed by atoms with Gasteiger partial charge in [0.15, 0.2) is 5.16 Å². The first-order valence-corrected chi connectivity index (χ1v) is 13.1. The first kappa shape index (κ1) is 24.8. The maximum absolute atomic E-state index is 12.8. The largest absolute Gasteiger partial charge is 0.379 e. The number of rotatable bonds is 8. The highest BCUT2D eigenvalue weighted by Crippen LogP contribution is 2.27. The van der Waals surface area contributed by atoms with Crippen LogP contribution in [0.1, 0.15) is 32.2 Å². The molecule has 10 heteroatoms. The Bertz CT molecular complexity index is 1040. The number of anilines is 1. The molecule has 0 radical (unpaired) electrons. The zero-order valence-corrected chi connectivity index (χ0v) is 20.9. The topological polar surface area (TPSA) is 93.5 Å². The van der Waals surface area contributed by atoms with Crippen molar-refractivity contribution < 1.29 is 17.9 Å². The minimum absolute atomic E-state index is 0.159. The van der Waals surface area contributed by atoms with E-state index >= 15 is 0 Å². The van der Waals surface area contributed by atoms with E-state index in [4.69, 9.17) is 4.74 Å². The van der Waals surface area contributed by atoms with Crippen LogP contribution in [-0.4, -0.2) is 59.7 Å². The van der Waals surface area contributed by atoms with Crippen LogP contribution in [0.5, 0.6) is 0 Å². The van der Waals surface area contributed by atoms with Gasteiger partial charge >= 0.3 is 0 Å². The Morgan fingerprint density at radius 1 is 1.16 bits per heavy atom. The minimum atomic E-state index is -3.56. The van der Waals surface area contributed by atoms with E-state index in [1.165, 1.54) is 28.2 Å². The molecule has 1 aromatic heterocycles. The van der Waals surface area contributed by atoms with Crippen molar-refractivity contribution in [1.82, 2.24) is 13.9 Å². The van der Waals surface area contributed by atoms with Gasteiger partial charge in [0.2, 0.25) is 15.9 Å². The van der Waals surface area contributed by atoms with Crippen LogP contribution >= 0.6 is 11.8 Å². The van der Waals surface area contributed by atoms with Gasteiger partial charge in [-0.1, -0.05) is 25.6 Å². The van der Waals surface area contributed by atoms with Gasteiger partial charge in [0, 0.05) is 31.0 Å². The lowest BCUT2D eigenvalue weighted by Gasteiger charge is -2.26. The second kappa shape index (κ2) is 10.4. The first-order chi connectivity index (χ1) is 15.1. The number of aromatic nitrogens is 2. The van der Waals surface area contributed by atoms with Crippen LogP contribution in [0.15, 0.2) is 34.3 Å². The molecule has 176 valence electrons. The van der Waals surface area contributed by atoms with Gasteiger partial charge < -0.3 is 14.6 Å². The number of hydrogen-bond acceptors (Lipinski definition) is 6. The lowest BCUT2D eigenvalue weighted by molar-refractivity contribution is -0.115. The van der Waals surface area contributed by atoms with Crippen LogP contribution in [0.2, 0.25) is 0 Å². The molecule has 0 aliphatic carbocycles. The van der Waals surface area contributed by atoms with E-state index in [1.54, 1.807) is 12.1 Å². The molecule has 0 spiro atoms. The van der Waals surface area contributed by atoms with Crippen LogP contribution in [-0.2, 0) is 26.1 Å². The van der Waals surface area contributed by atoms with Crippen LogP contribution < -0.4 is 5.32 Å². The molecule has 1 atom stereocenters. The van der Waals surface area contributed by atoms with Crippen molar-refractivity contribution in [3.63, 3.8) is 0 Å². The van der Waals surface area contributed by atoms with Gasteiger partial charge in [0.25, 0.3) is 0 Å². The molecule has 1 aromatic carbocycles. The van der Waals surface area contributed by atoms with E-state index in [1.807, 2.05) is 20.8 Å². The number of amides is 1. The Morgan fingerprint density at radius 2 is 1.78 bits per heavy atom. The summed E-state index contributed by atoms with van der Waals surface area (Å²) in [6, 6.07) is 6.30. The number of carbonyl (C=O) groups excluding carboxylic acids is 1. The SMILES string of the molecule is Cc1nc(SC(C)C(=O)Nc2ccc(S(=O)(=O)N3CCOCC3)cc2)n(CC(C)C)c1C. The predicted molar refractivity (Wildman–Crippen MR) is 127 cm³/mol. The molecule has 2 aromatic rings. The predicted octanol–water partition coefficient (Wildman–Crippen LogP) is 3.30. The Kier molecular flexibility index (Phi) is 8.02. The molecule has 1 aliphatic heterocycles. The number of hydrogen-bond donors (Lipinski definition) is 1. The molecule has 1 aliphatic rings. The average Bonchev–Trinajstić information content (AvgIpc) is 3.01. The van der Waals surface area contributed by atoms with E-state index in [0.717, 1.165) is 23.1 Å². The van der Waals surface area contributed by atoms with Gasteiger partial charge in [-0.25, -0.2) is 13.4 Å². The third-order valence-electron chi connectivity index (χ3n) is 5.35. The summed E-state index contributed by atoms with van der Waals surface area (Å²) in [5, 5.41) is 3.35. The number of ether oxygens (including phenoxy) is 1. The third-order valence-corrected chi connectivity index (χ3v) is 8.35. The average molecular weight is 481 g/mol. The van der Waals surface area contributed by atoms with Gasteiger partial charge in [0.1, 0.15) is 0 Å².